The molecule has 0 aromatic heterocycles. The molecule has 0 aromatic carbocycles. The average molecular weight is 159 g/mol. The lowest BCUT2D eigenvalue weighted by Gasteiger charge is -2.08. The lowest BCUT2D eigenvalue weighted by molar-refractivity contribution is 0.251. The molecular weight excluding hydrogens is 142 g/mol. The summed E-state index contributed by atoms with van der Waals surface area (Å²) in [5.74, 6) is 0. The Kier molecular flexibility index (Phi) is 6.82. The summed E-state index contributed by atoms with van der Waals surface area (Å²) < 4.78 is 0. The van der Waals surface area contributed by atoms with Crippen molar-refractivity contribution in [2.45, 2.75) is 19.3 Å². The van der Waals surface area contributed by atoms with E-state index in [9.17, 15) is 4.79 Å². The fourth-order valence-electron chi connectivity index (χ4n) is 0.802. The Morgan fingerprint density at radius 1 is 1.36 bits per heavy atom. The Labute approximate surface area is 67.5 Å². The van der Waals surface area contributed by atoms with Crippen LogP contribution < -0.4 is 16.4 Å². The van der Waals surface area contributed by atoms with Crippen molar-refractivity contribution in [1.82, 2.24) is 10.6 Å². The Bertz CT molecular complexity index is 90.3. The van der Waals surface area contributed by atoms with Crippen LogP contribution in [-0.2, 0) is 0 Å². The maximum absolute atomic E-state index is 9.48. The van der Waals surface area contributed by atoms with Crippen LogP contribution in [0.3, 0.4) is 0 Å². The Balaban J connectivity index is 0.000000187. The molecule has 4 N–H and O–H groups in total. The molecule has 1 saturated heterocycles. The van der Waals surface area contributed by atoms with E-state index in [0.29, 0.717) is 0 Å². The van der Waals surface area contributed by atoms with Crippen LogP contribution in [0.15, 0.2) is 0 Å². The molecule has 0 spiro atoms. The van der Waals surface area contributed by atoms with E-state index in [1.165, 1.54) is 39.4 Å². The van der Waals surface area contributed by atoms with Crippen LogP contribution in [0, 0.1) is 0 Å². The summed E-state index contributed by atoms with van der Waals surface area (Å²) >= 11 is 0. The van der Waals surface area contributed by atoms with Gasteiger partial charge in [-0.15, -0.1) is 0 Å². The van der Waals surface area contributed by atoms with Gasteiger partial charge in [0.25, 0.3) is 0 Å². The van der Waals surface area contributed by atoms with E-state index in [0.717, 1.165) is 0 Å². The molecule has 0 unspecified atom stereocenters. The van der Waals surface area contributed by atoms with Gasteiger partial charge >= 0.3 is 6.03 Å². The molecule has 4 heteroatoms. The smallest absolute Gasteiger partial charge is 0.311 e. The summed E-state index contributed by atoms with van der Waals surface area (Å²) in [4.78, 5) is 9.48. The van der Waals surface area contributed by atoms with E-state index in [-0.39, 0.29) is 0 Å². The van der Waals surface area contributed by atoms with Gasteiger partial charge in [0.2, 0.25) is 0 Å². The Morgan fingerprint density at radius 2 is 1.82 bits per heavy atom. The predicted octanol–water partition coefficient (Wildman–Crippen LogP) is 0.0444. The monoisotopic (exact) mass is 159 g/mol. The zero-order valence-electron chi connectivity index (χ0n) is 7.02. The van der Waals surface area contributed by atoms with Crippen molar-refractivity contribution in [3.05, 3.63) is 0 Å². The summed E-state index contributed by atoms with van der Waals surface area (Å²) in [6, 6.07) is -0.495. The molecule has 1 aliphatic heterocycles. The second kappa shape index (κ2) is 7.34. The molecule has 0 aromatic rings. The summed E-state index contributed by atoms with van der Waals surface area (Å²) in [6.45, 7) is 2.50. The molecule has 0 bridgehead atoms. The third-order valence-corrected chi connectivity index (χ3v) is 1.45. The first-order valence-corrected chi connectivity index (χ1v) is 3.95. The standard InChI is InChI=1S/C5H11N.C2H6N2O/c1-2-4-6-5-3-1;1-4-2(3)5/h6H,1-5H2;1H3,(H3,3,4,5). The summed E-state index contributed by atoms with van der Waals surface area (Å²) in [5, 5.41) is 5.45. The van der Waals surface area contributed by atoms with Crippen molar-refractivity contribution in [3.8, 4) is 0 Å². The summed E-state index contributed by atoms with van der Waals surface area (Å²) in [7, 11) is 1.47. The number of nitrogens with two attached hydrogens (primary N) is 1. The van der Waals surface area contributed by atoms with E-state index >= 15 is 0 Å². The highest BCUT2D eigenvalue weighted by Crippen LogP contribution is 1.96. The van der Waals surface area contributed by atoms with E-state index in [1.807, 2.05) is 0 Å². The van der Waals surface area contributed by atoms with Crippen molar-refractivity contribution in [2.75, 3.05) is 20.1 Å². The van der Waals surface area contributed by atoms with Crippen molar-refractivity contribution in [1.29, 1.82) is 0 Å². The first-order chi connectivity index (χ1) is 5.27. The number of amides is 2. The van der Waals surface area contributed by atoms with Crippen LogP contribution in [0.2, 0.25) is 0 Å². The quantitative estimate of drug-likeness (QED) is 0.467. The zero-order valence-corrected chi connectivity index (χ0v) is 7.02. The van der Waals surface area contributed by atoms with Gasteiger partial charge in [-0.05, 0) is 25.9 Å². The number of piperidine rings is 1. The van der Waals surface area contributed by atoms with Crippen LogP contribution in [0.25, 0.3) is 0 Å². The minimum atomic E-state index is -0.495. The largest absolute Gasteiger partial charge is 0.352 e. The number of nitrogens with one attached hydrogen (secondary N) is 2. The van der Waals surface area contributed by atoms with Crippen LogP contribution in [-0.4, -0.2) is 26.2 Å². The molecule has 1 fully saturated rings. The first kappa shape index (κ1) is 10.2. The van der Waals surface area contributed by atoms with Crippen molar-refractivity contribution >= 4 is 6.03 Å². The second-order valence-electron chi connectivity index (χ2n) is 2.42. The highest BCUT2D eigenvalue weighted by molar-refractivity contribution is 5.71. The number of primary amides is 1. The summed E-state index contributed by atoms with van der Waals surface area (Å²) in [5.41, 5.74) is 4.54. The van der Waals surface area contributed by atoms with Crippen LogP contribution in [0.1, 0.15) is 19.3 Å². The molecule has 0 radical (unpaired) electrons. The Hall–Kier alpha value is -0.770. The summed E-state index contributed by atoms with van der Waals surface area (Å²) in [6.07, 6.45) is 4.22. The molecular formula is C7H17N3O. The van der Waals surface area contributed by atoms with Gasteiger partial charge in [-0.1, -0.05) is 6.42 Å². The second-order valence-corrected chi connectivity index (χ2v) is 2.42. The molecule has 0 saturated carbocycles. The molecule has 11 heavy (non-hydrogen) atoms. The minimum Gasteiger partial charge on any atom is -0.352 e. The van der Waals surface area contributed by atoms with Gasteiger partial charge in [0.05, 0.1) is 0 Å². The number of carbonyl (C=O) groups is 1. The van der Waals surface area contributed by atoms with Gasteiger partial charge in [-0.25, -0.2) is 4.79 Å². The third kappa shape index (κ3) is 9.23. The van der Waals surface area contributed by atoms with Gasteiger partial charge in [-0.3, -0.25) is 0 Å². The molecule has 0 atom stereocenters. The van der Waals surface area contributed by atoms with Crippen molar-refractivity contribution < 1.29 is 4.79 Å². The van der Waals surface area contributed by atoms with Crippen LogP contribution in [0.5, 0.6) is 0 Å². The molecule has 2 amide bonds. The zero-order chi connectivity index (χ0) is 8.53. The van der Waals surface area contributed by atoms with E-state index < -0.39 is 6.03 Å². The molecule has 1 heterocycles. The van der Waals surface area contributed by atoms with Crippen molar-refractivity contribution in [2.24, 2.45) is 5.73 Å². The van der Waals surface area contributed by atoms with E-state index in [2.05, 4.69) is 16.4 Å². The number of rotatable bonds is 0. The first-order valence-electron chi connectivity index (χ1n) is 3.95. The van der Waals surface area contributed by atoms with Crippen molar-refractivity contribution in [3.63, 3.8) is 0 Å². The fourth-order valence-corrected chi connectivity index (χ4v) is 0.802. The highest BCUT2D eigenvalue weighted by atomic mass is 16.2. The Morgan fingerprint density at radius 3 is 1.91 bits per heavy atom. The van der Waals surface area contributed by atoms with Gasteiger partial charge in [0.15, 0.2) is 0 Å². The van der Waals surface area contributed by atoms with Crippen LogP contribution in [0.4, 0.5) is 4.79 Å². The molecule has 66 valence electrons. The van der Waals surface area contributed by atoms with E-state index in [4.69, 9.17) is 0 Å². The molecule has 0 aliphatic carbocycles. The predicted molar refractivity (Wildman–Crippen MR) is 45.4 cm³/mol. The third-order valence-electron chi connectivity index (χ3n) is 1.45. The lowest BCUT2D eigenvalue weighted by atomic mass is 10.2. The number of urea groups is 1. The SMILES string of the molecule is C1CCNCC1.CNC(N)=O. The average Bonchev–Trinajstić information content (AvgIpc) is 2.09. The highest BCUT2D eigenvalue weighted by Gasteiger charge is 1.93. The molecule has 1 aliphatic rings. The maximum Gasteiger partial charge on any atom is 0.311 e. The topological polar surface area (TPSA) is 67.2 Å². The van der Waals surface area contributed by atoms with Crippen LogP contribution >= 0.6 is 0 Å². The van der Waals surface area contributed by atoms with Gasteiger partial charge in [0.1, 0.15) is 0 Å². The lowest BCUT2D eigenvalue weighted by Crippen LogP contribution is -2.24. The maximum atomic E-state index is 9.48. The van der Waals surface area contributed by atoms with Gasteiger partial charge in [0, 0.05) is 7.05 Å². The fraction of sp³-hybridized carbons (Fsp3) is 0.857. The van der Waals surface area contributed by atoms with Gasteiger partial charge in [-0.2, -0.15) is 0 Å². The number of hydrogen-bond donors (Lipinski definition) is 3. The van der Waals surface area contributed by atoms with Gasteiger partial charge < -0.3 is 16.4 Å². The molecule has 4 nitrogen and oxygen atoms in total. The number of carbonyl (C=O) groups excluding carboxylic acids is 1. The van der Waals surface area contributed by atoms with E-state index in [1.54, 1.807) is 0 Å². The molecule has 1 rings (SSSR count). The normalized spacial score (nSPS) is 16.1. The number of hydrogen-bond acceptors (Lipinski definition) is 2. The minimum absolute atomic E-state index is 0.495.